The van der Waals surface area contributed by atoms with Crippen LogP contribution in [0, 0.1) is 11.7 Å². The molecule has 3 rings (SSSR count). The number of carbonyl (C=O) groups is 1. The summed E-state index contributed by atoms with van der Waals surface area (Å²) in [6.07, 6.45) is 3.45. The van der Waals surface area contributed by atoms with Gasteiger partial charge >= 0.3 is 0 Å². The average molecular weight is 329 g/mol. The normalized spacial score (nSPS) is 17.5. The van der Waals surface area contributed by atoms with E-state index in [0.717, 1.165) is 19.4 Å². The summed E-state index contributed by atoms with van der Waals surface area (Å²) in [6, 6.07) is 9.30. The van der Waals surface area contributed by atoms with Gasteiger partial charge in [0.05, 0.1) is 12.2 Å². The lowest BCUT2D eigenvalue weighted by atomic mass is 9.98. The van der Waals surface area contributed by atoms with E-state index in [4.69, 9.17) is 10.5 Å². The van der Waals surface area contributed by atoms with E-state index >= 15 is 0 Å². The van der Waals surface area contributed by atoms with Crippen molar-refractivity contribution in [3.8, 4) is 5.75 Å². The van der Waals surface area contributed by atoms with Gasteiger partial charge in [-0.05, 0) is 49.2 Å². The highest BCUT2D eigenvalue weighted by atomic mass is 19.1. The van der Waals surface area contributed by atoms with Gasteiger partial charge in [0.1, 0.15) is 17.4 Å². The fourth-order valence-corrected chi connectivity index (χ4v) is 2.84. The molecule has 2 heterocycles. The zero-order chi connectivity index (χ0) is 16.9. The number of nitrogen functional groups attached to an aromatic ring is 1. The zero-order valence-corrected chi connectivity index (χ0v) is 13.3. The molecule has 0 radical (unpaired) electrons. The molecule has 24 heavy (non-hydrogen) atoms. The molecular formula is C18H20FN3O2. The van der Waals surface area contributed by atoms with Gasteiger partial charge in [-0.1, -0.05) is 0 Å². The van der Waals surface area contributed by atoms with E-state index < -0.39 is 0 Å². The number of nitrogens with zero attached hydrogens (tertiary/aromatic N) is 2. The van der Waals surface area contributed by atoms with E-state index in [1.807, 2.05) is 4.90 Å². The monoisotopic (exact) mass is 329 g/mol. The quantitative estimate of drug-likeness (QED) is 0.936. The second kappa shape index (κ2) is 7.29. The molecule has 1 unspecified atom stereocenters. The van der Waals surface area contributed by atoms with Crippen LogP contribution in [-0.2, 0) is 0 Å². The molecule has 0 aliphatic carbocycles. The van der Waals surface area contributed by atoms with Crippen LogP contribution in [-0.4, -0.2) is 35.5 Å². The Kier molecular flexibility index (Phi) is 4.93. The molecule has 1 aromatic heterocycles. The summed E-state index contributed by atoms with van der Waals surface area (Å²) in [5, 5.41) is 0. The molecular weight excluding hydrogens is 309 g/mol. The first-order chi connectivity index (χ1) is 11.6. The van der Waals surface area contributed by atoms with Gasteiger partial charge in [-0.2, -0.15) is 0 Å². The number of carbonyl (C=O) groups excluding carboxylic acids is 1. The smallest absolute Gasteiger partial charge is 0.255 e. The molecule has 1 aromatic carbocycles. The van der Waals surface area contributed by atoms with E-state index in [1.165, 1.54) is 18.3 Å². The molecule has 0 bridgehead atoms. The zero-order valence-electron chi connectivity index (χ0n) is 13.3. The molecule has 1 amide bonds. The van der Waals surface area contributed by atoms with E-state index in [2.05, 4.69) is 4.98 Å². The van der Waals surface area contributed by atoms with Crippen molar-refractivity contribution >= 4 is 11.7 Å². The molecule has 6 heteroatoms. The Labute approximate surface area is 140 Å². The summed E-state index contributed by atoms with van der Waals surface area (Å²) < 4.78 is 18.6. The molecule has 1 aliphatic heterocycles. The van der Waals surface area contributed by atoms with Crippen LogP contribution < -0.4 is 10.5 Å². The Balaban J connectivity index is 1.56. The fraction of sp³-hybridized carbons (Fsp3) is 0.333. The van der Waals surface area contributed by atoms with Crippen molar-refractivity contribution in [2.75, 3.05) is 25.4 Å². The van der Waals surface area contributed by atoms with E-state index in [0.29, 0.717) is 30.3 Å². The topological polar surface area (TPSA) is 68.5 Å². The predicted molar refractivity (Wildman–Crippen MR) is 89.2 cm³/mol. The van der Waals surface area contributed by atoms with Gasteiger partial charge in [0.25, 0.3) is 5.91 Å². The van der Waals surface area contributed by atoms with Crippen LogP contribution in [0.15, 0.2) is 42.6 Å². The van der Waals surface area contributed by atoms with Crippen molar-refractivity contribution in [2.24, 2.45) is 5.92 Å². The highest BCUT2D eigenvalue weighted by Gasteiger charge is 2.25. The Bertz CT molecular complexity index is 688. The number of benzene rings is 1. The number of nitrogens with two attached hydrogens (primary N) is 1. The SMILES string of the molecule is Nc1ccc(C(=O)N2CCCC(COc3ccc(F)cc3)C2)cn1. The van der Waals surface area contributed by atoms with Crippen molar-refractivity contribution < 1.29 is 13.9 Å². The molecule has 5 nitrogen and oxygen atoms in total. The van der Waals surface area contributed by atoms with Crippen LogP contribution in [0.4, 0.5) is 10.2 Å². The number of pyridine rings is 1. The summed E-state index contributed by atoms with van der Waals surface area (Å²) in [5.74, 6) is 0.982. The number of rotatable bonds is 4. The molecule has 0 saturated carbocycles. The lowest BCUT2D eigenvalue weighted by Gasteiger charge is -2.32. The van der Waals surface area contributed by atoms with Crippen LogP contribution in [0.3, 0.4) is 0 Å². The van der Waals surface area contributed by atoms with Crippen LogP contribution in [0.25, 0.3) is 0 Å². The number of hydrogen-bond donors (Lipinski definition) is 1. The maximum Gasteiger partial charge on any atom is 0.255 e. The van der Waals surface area contributed by atoms with Gasteiger partial charge in [0, 0.05) is 25.2 Å². The first kappa shape index (κ1) is 16.2. The van der Waals surface area contributed by atoms with Crippen LogP contribution in [0.5, 0.6) is 5.75 Å². The molecule has 1 fully saturated rings. The minimum Gasteiger partial charge on any atom is -0.493 e. The minimum absolute atomic E-state index is 0.0333. The van der Waals surface area contributed by atoms with Gasteiger partial charge in [0.15, 0.2) is 0 Å². The van der Waals surface area contributed by atoms with Gasteiger partial charge < -0.3 is 15.4 Å². The maximum absolute atomic E-state index is 12.9. The van der Waals surface area contributed by atoms with Crippen molar-refractivity contribution in [3.63, 3.8) is 0 Å². The number of piperidine rings is 1. The summed E-state index contributed by atoms with van der Waals surface area (Å²) in [5.41, 5.74) is 6.10. The maximum atomic E-state index is 12.9. The average Bonchev–Trinajstić information content (AvgIpc) is 2.61. The van der Waals surface area contributed by atoms with Crippen molar-refractivity contribution in [1.29, 1.82) is 0 Å². The van der Waals surface area contributed by atoms with E-state index in [9.17, 15) is 9.18 Å². The second-order valence-electron chi connectivity index (χ2n) is 6.00. The molecule has 1 atom stereocenters. The number of aromatic nitrogens is 1. The summed E-state index contributed by atoms with van der Waals surface area (Å²) in [4.78, 5) is 18.3. The highest BCUT2D eigenvalue weighted by Crippen LogP contribution is 2.20. The van der Waals surface area contributed by atoms with Gasteiger partial charge in [-0.3, -0.25) is 4.79 Å². The standard InChI is InChI=1S/C18H20FN3O2/c19-15-4-6-16(7-5-15)24-12-13-2-1-9-22(11-13)18(23)14-3-8-17(20)21-10-14/h3-8,10,13H,1-2,9,11-12H2,(H2,20,21). The number of hydrogen-bond acceptors (Lipinski definition) is 4. The van der Waals surface area contributed by atoms with Gasteiger partial charge in [-0.15, -0.1) is 0 Å². The van der Waals surface area contributed by atoms with Crippen LogP contribution in [0.2, 0.25) is 0 Å². The Morgan fingerprint density at radius 2 is 2.08 bits per heavy atom. The van der Waals surface area contributed by atoms with Crippen molar-refractivity contribution in [2.45, 2.75) is 12.8 Å². The molecule has 126 valence electrons. The van der Waals surface area contributed by atoms with Gasteiger partial charge in [0.2, 0.25) is 0 Å². The number of likely N-dealkylation sites (tertiary alicyclic amines) is 1. The number of halogens is 1. The summed E-state index contributed by atoms with van der Waals surface area (Å²) in [7, 11) is 0. The van der Waals surface area contributed by atoms with Crippen LogP contribution >= 0.6 is 0 Å². The lowest BCUT2D eigenvalue weighted by Crippen LogP contribution is -2.41. The Morgan fingerprint density at radius 1 is 1.29 bits per heavy atom. The Morgan fingerprint density at radius 3 is 2.79 bits per heavy atom. The summed E-state index contributed by atoms with van der Waals surface area (Å²) in [6.45, 7) is 1.88. The van der Waals surface area contributed by atoms with Crippen molar-refractivity contribution in [3.05, 3.63) is 54.0 Å². The molecule has 2 aromatic rings. The Hall–Kier alpha value is -2.63. The first-order valence-electron chi connectivity index (χ1n) is 8.01. The number of ether oxygens (including phenoxy) is 1. The van der Waals surface area contributed by atoms with E-state index in [1.54, 1.807) is 24.3 Å². The first-order valence-corrected chi connectivity index (χ1v) is 8.01. The largest absolute Gasteiger partial charge is 0.493 e. The highest BCUT2D eigenvalue weighted by molar-refractivity contribution is 5.94. The third-order valence-corrected chi connectivity index (χ3v) is 4.14. The molecule has 0 spiro atoms. The van der Waals surface area contributed by atoms with E-state index in [-0.39, 0.29) is 17.6 Å². The predicted octanol–water partition coefficient (Wildman–Crippen LogP) is 2.73. The van der Waals surface area contributed by atoms with Crippen molar-refractivity contribution in [1.82, 2.24) is 9.88 Å². The summed E-state index contributed by atoms with van der Waals surface area (Å²) >= 11 is 0. The lowest BCUT2D eigenvalue weighted by molar-refractivity contribution is 0.0633. The molecule has 1 aliphatic rings. The number of anilines is 1. The third-order valence-electron chi connectivity index (χ3n) is 4.14. The second-order valence-corrected chi connectivity index (χ2v) is 6.00. The minimum atomic E-state index is -0.283. The number of amides is 1. The molecule has 1 saturated heterocycles. The van der Waals surface area contributed by atoms with Crippen LogP contribution in [0.1, 0.15) is 23.2 Å². The molecule has 2 N–H and O–H groups in total. The third kappa shape index (κ3) is 4.01. The van der Waals surface area contributed by atoms with Gasteiger partial charge in [-0.25, -0.2) is 9.37 Å². The fourth-order valence-electron chi connectivity index (χ4n) is 2.84.